The molecule has 0 saturated heterocycles. The van der Waals surface area contributed by atoms with Gasteiger partial charge in [0.05, 0.1) is 7.11 Å². The van der Waals surface area contributed by atoms with Crippen LogP contribution in [-0.4, -0.2) is 13.3 Å². The summed E-state index contributed by atoms with van der Waals surface area (Å²) in [7, 11) is 1.68. The zero-order valence-corrected chi connectivity index (χ0v) is 13.1. The number of oxime groups is 1. The minimum absolute atomic E-state index is 0.495. The van der Waals surface area contributed by atoms with Gasteiger partial charge in [-0.3, -0.25) is 0 Å². The second kappa shape index (κ2) is 7.45. The Hall–Kier alpha value is -2.81. The van der Waals surface area contributed by atoms with Gasteiger partial charge in [0.2, 0.25) is 0 Å². The molecular formula is C20H19NO2. The maximum atomic E-state index is 5.31. The van der Waals surface area contributed by atoms with E-state index in [0.717, 1.165) is 17.7 Å². The Morgan fingerprint density at radius 3 is 2.48 bits per heavy atom. The van der Waals surface area contributed by atoms with Crippen LogP contribution in [0.2, 0.25) is 0 Å². The third kappa shape index (κ3) is 4.10. The van der Waals surface area contributed by atoms with Crippen LogP contribution in [0, 0.1) is 0 Å². The van der Waals surface area contributed by atoms with Crippen LogP contribution in [0.4, 0.5) is 0 Å². The van der Waals surface area contributed by atoms with Gasteiger partial charge in [0.25, 0.3) is 0 Å². The minimum atomic E-state index is 0.495. The van der Waals surface area contributed by atoms with Crippen molar-refractivity contribution in [3.05, 3.63) is 77.9 Å². The molecule has 3 heteroatoms. The Kier molecular flexibility index (Phi) is 4.89. The molecule has 3 aromatic rings. The number of hydrogen-bond acceptors (Lipinski definition) is 3. The van der Waals surface area contributed by atoms with E-state index in [1.54, 1.807) is 13.3 Å². The second-order valence-electron chi connectivity index (χ2n) is 5.30. The normalized spacial score (nSPS) is 11.0. The molecule has 23 heavy (non-hydrogen) atoms. The fraction of sp³-hybridized carbons (Fsp3) is 0.150. The topological polar surface area (TPSA) is 30.8 Å². The predicted molar refractivity (Wildman–Crippen MR) is 93.9 cm³/mol. The number of ether oxygens (including phenoxy) is 1. The van der Waals surface area contributed by atoms with Crippen LogP contribution in [0.1, 0.15) is 11.1 Å². The maximum absolute atomic E-state index is 5.31. The first-order valence-corrected chi connectivity index (χ1v) is 7.59. The predicted octanol–water partition coefficient (Wildman–Crippen LogP) is 4.59. The molecule has 0 saturated carbocycles. The summed E-state index contributed by atoms with van der Waals surface area (Å²) in [5.74, 6) is 0.876. The van der Waals surface area contributed by atoms with E-state index >= 15 is 0 Å². The number of fused-ring (bicyclic) bond motifs is 1. The van der Waals surface area contributed by atoms with Crippen molar-refractivity contribution in [3.63, 3.8) is 0 Å². The molecule has 0 radical (unpaired) electrons. The lowest BCUT2D eigenvalue weighted by atomic mass is 10.1. The summed E-state index contributed by atoms with van der Waals surface area (Å²) in [5.41, 5.74) is 2.32. The summed E-state index contributed by atoms with van der Waals surface area (Å²) in [6.45, 7) is 0.495. The van der Waals surface area contributed by atoms with Crippen LogP contribution in [-0.2, 0) is 17.9 Å². The number of methoxy groups -OCH3 is 1. The van der Waals surface area contributed by atoms with Gasteiger partial charge in [0.1, 0.15) is 12.4 Å². The third-order valence-electron chi connectivity index (χ3n) is 3.66. The van der Waals surface area contributed by atoms with Crippen LogP contribution in [0.25, 0.3) is 10.8 Å². The SMILES string of the molecule is COc1ccc2cc(CC=NOCc3ccccc3)ccc2c1. The first-order chi connectivity index (χ1) is 11.3. The van der Waals surface area contributed by atoms with E-state index in [2.05, 4.69) is 29.4 Å². The molecule has 0 aliphatic rings. The zero-order valence-electron chi connectivity index (χ0n) is 13.1. The molecule has 0 fully saturated rings. The molecule has 0 atom stereocenters. The van der Waals surface area contributed by atoms with Gasteiger partial charge in [0.15, 0.2) is 0 Å². The van der Waals surface area contributed by atoms with Crippen molar-refractivity contribution in [1.29, 1.82) is 0 Å². The minimum Gasteiger partial charge on any atom is -0.497 e. The molecule has 3 aromatic carbocycles. The summed E-state index contributed by atoms with van der Waals surface area (Å²) < 4.78 is 5.24. The standard InChI is InChI=1S/C20H19NO2/c1-22-20-10-9-18-13-16(7-8-19(18)14-20)11-12-21-23-15-17-5-3-2-4-6-17/h2-10,12-14H,11,15H2,1H3. The summed E-state index contributed by atoms with van der Waals surface area (Å²) >= 11 is 0. The van der Waals surface area contributed by atoms with E-state index in [1.807, 2.05) is 42.5 Å². The highest BCUT2D eigenvalue weighted by Gasteiger charge is 1.98. The largest absolute Gasteiger partial charge is 0.497 e. The van der Waals surface area contributed by atoms with E-state index in [1.165, 1.54) is 16.3 Å². The Morgan fingerprint density at radius 2 is 1.65 bits per heavy atom. The van der Waals surface area contributed by atoms with Gasteiger partial charge in [0, 0.05) is 12.6 Å². The molecule has 0 aliphatic heterocycles. The highest BCUT2D eigenvalue weighted by atomic mass is 16.6. The van der Waals surface area contributed by atoms with Crippen LogP contribution < -0.4 is 4.74 Å². The summed E-state index contributed by atoms with van der Waals surface area (Å²) in [4.78, 5) is 5.31. The van der Waals surface area contributed by atoms with Crippen LogP contribution >= 0.6 is 0 Å². The van der Waals surface area contributed by atoms with Crippen molar-refractivity contribution >= 4 is 17.0 Å². The third-order valence-corrected chi connectivity index (χ3v) is 3.66. The van der Waals surface area contributed by atoms with Gasteiger partial charge < -0.3 is 9.57 Å². The smallest absolute Gasteiger partial charge is 0.142 e. The van der Waals surface area contributed by atoms with Crippen molar-refractivity contribution in [1.82, 2.24) is 0 Å². The fourth-order valence-corrected chi connectivity index (χ4v) is 2.41. The van der Waals surface area contributed by atoms with Crippen molar-refractivity contribution in [2.24, 2.45) is 5.16 Å². The number of rotatable bonds is 6. The number of hydrogen-bond donors (Lipinski definition) is 0. The lowest BCUT2D eigenvalue weighted by Gasteiger charge is -2.04. The highest BCUT2D eigenvalue weighted by molar-refractivity contribution is 5.85. The molecule has 3 rings (SSSR count). The molecule has 0 aliphatic carbocycles. The van der Waals surface area contributed by atoms with Crippen molar-refractivity contribution in [2.75, 3.05) is 7.11 Å². The van der Waals surface area contributed by atoms with E-state index in [9.17, 15) is 0 Å². The molecule has 0 aromatic heterocycles. The van der Waals surface area contributed by atoms with Gasteiger partial charge in [-0.1, -0.05) is 59.8 Å². The maximum Gasteiger partial charge on any atom is 0.142 e. The first kappa shape index (κ1) is 15.1. The molecule has 0 bridgehead atoms. The molecule has 0 amide bonds. The van der Waals surface area contributed by atoms with E-state index in [4.69, 9.17) is 9.57 Å². The second-order valence-corrected chi connectivity index (χ2v) is 5.30. The average molecular weight is 305 g/mol. The molecule has 3 nitrogen and oxygen atoms in total. The van der Waals surface area contributed by atoms with Gasteiger partial charge in [-0.25, -0.2) is 0 Å². The average Bonchev–Trinajstić information content (AvgIpc) is 2.62. The lowest BCUT2D eigenvalue weighted by molar-refractivity contribution is 0.131. The Bertz CT molecular complexity index is 797. The summed E-state index contributed by atoms with van der Waals surface area (Å²) in [5, 5.41) is 6.39. The fourth-order valence-electron chi connectivity index (χ4n) is 2.41. The van der Waals surface area contributed by atoms with Crippen molar-refractivity contribution in [3.8, 4) is 5.75 Å². The number of nitrogens with zero attached hydrogens (tertiary/aromatic N) is 1. The van der Waals surface area contributed by atoms with E-state index < -0.39 is 0 Å². The Labute approximate surface area is 136 Å². The summed E-state index contributed by atoms with van der Waals surface area (Å²) in [6.07, 6.45) is 2.55. The molecule has 116 valence electrons. The molecule has 0 unspecified atom stereocenters. The van der Waals surface area contributed by atoms with E-state index in [0.29, 0.717) is 6.61 Å². The molecule has 0 spiro atoms. The first-order valence-electron chi connectivity index (χ1n) is 7.59. The van der Waals surface area contributed by atoms with Gasteiger partial charge >= 0.3 is 0 Å². The van der Waals surface area contributed by atoms with Crippen LogP contribution in [0.5, 0.6) is 5.75 Å². The monoisotopic (exact) mass is 305 g/mol. The molecule has 0 heterocycles. The molecule has 0 N–H and O–H groups in total. The highest BCUT2D eigenvalue weighted by Crippen LogP contribution is 2.21. The van der Waals surface area contributed by atoms with E-state index in [-0.39, 0.29) is 0 Å². The summed E-state index contributed by atoms with van der Waals surface area (Å²) in [6, 6.07) is 22.5. The van der Waals surface area contributed by atoms with Gasteiger partial charge in [-0.2, -0.15) is 0 Å². The Balaban J connectivity index is 1.57. The van der Waals surface area contributed by atoms with Crippen LogP contribution in [0.3, 0.4) is 0 Å². The van der Waals surface area contributed by atoms with Gasteiger partial charge in [-0.05, 0) is 34.0 Å². The van der Waals surface area contributed by atoms with Crippen molar-refractivity contribution < 1.29 is 9.57 Å². The van der Waals surface area contributed by atoms with Crippen LogP contribution in [0.15, 0.2) is 71.9 Å². The van der Waals surface area contributed by atoms with Gasteiger partial charge in [-0.15, -0.1) is 0 Å². The lowest BCUT2D eigenvalue weighted by Crippen LogP contribution is -1.90. The zero-order chi connectivity index (χ0) is 15.9. The quantitative estimate of drug-likeness (QED) is 0.492. The van der Waals surface area contributed by atoms with Crippen molar-refractivity contribution in [2.45, 2.75) is 13.0 Å². The molecular weight excluding hydrogens is 286 g/mol. The number of benzene rings is 3. The Morgan fingerprint density at radius 1 is 0.870 bits per heavy atom.